The average Bonchev–Trinajstić information content (AvgIpc) is 2.85. The number of tetrazole rings is 1. The van der Waals surface area contributed by atoms with E-state index in [2.05, 4.69) is 25.9 Å². The number of nitro groups is 1. The predicted molar refractivity (Wildman–Crippen MR) is 55.2 cm³/mol. The minimum atomic E-state index is -0.830. The van der Waals surface area contributed by atoms with Crippen molar-refractivity contribution >= 4 is 17.3 Å². The van der Waals surface area contributed by atoms with E-state index in [-0.39, 0.29) is 17.2 Å². The number of halogens is 1. The zero-order valence-corrected chi connectivity index (χ0v) is 8.62. The van der Waals surface area contributed by atoms with Crippen LogP contribution in [0.25, 0.3) is 0 Å². The Labute approximate surface area is 98.2 Å². The van der Waals surface area contributed by atoms with Crippen LogP contribution in [0.1, 0.15) is 10.6 Å². The highest BCUT2D eigenvalue weighted by atomic mass is 19.1. The van der Waals surface area contributed by atoms with Gasteiger partial charge in [0.15, 0.2) is 0 Å². The van der Waals surface area contributed by atoms with Crippen LogP contribution in [0.15, 0.2) is 18.2 Å². The van der Waals surface area contributed by atoms with E-state index in [0.717, 1.165) is 18.2 Å². The van der Waals surface area contributed by atoms with Crippen LogP contribution in [-0.4, -0.2) is 31.5 Å². The summed E-state index contributed by atoms with van der Waals surface area (Å²) in [5, 5.41) is 24.6. The smallest absolute Gasteiger partial charge is 0.297 e. The third-order valence-electron chi connectivity index (χ3n) is 1.96. The number of nitrogens with one attached hydrogen (secondary N) is 2. The van der Waals surface area contributed by atoms with Gasteiger partial charge in [-0.05, 0) is 11.3 Å². The fourth-order valence-corrected chi connectivity index (χ4v) is 1.16. The standard InChI is InChI=1S/C8H5FN6O3/c9-5-2-1-4(15(17)18)3-6(5)10-8(16)7-11-13-14-12-7/h1-3H,(H,10,16)(H,11,12,13,14). The predicted octanol–water partition coefficient (Wildman–Crippen LogP) is 0.499. The monoisotopic (exact) mass is 252 g/mol. The first-order valence-electron chi connectivity index (χ1n) is 4.56. The van der Waals surface area contributed by atoms with E-state index >= 15 is 0 Å². The lowest BCUT2D eigenvalue weighted by Gasteiger charge is -2.03. The van der Waals surface area contributed by atoms with Crippen LogP contribution in [0.4, 0.5) is 15.8 Å². The van der Waals surface area contributed by atoms with Gasteiger partial charge in [0.1, 0.15) is 5.82 Å². The van der Waals surface area contributed by atoms with Gasteiger partial charge in [0.05, 0.1) is 10.6 Å². The molecule has 1 aromatic carbocycles. The molecule has 0 fully saturated rings. The summed E-state index contributed by atoms with van der Waals surface area (Å²) >= 11 is 0. The molecule has 0 saturated heterocycles. The molecule has 0 spiro atoms. The molecule has 0 aliphatic carbocycles. The summed E-state index contributed by atoms with van der Waals surface area (Å²) in [5.74, 6) is -1.94. The number of nitrogens with zero attached hydrogens (tertiary/aromatic N) is 4. The van der Waals surface area contributed by atoms with Gasteiger partial charge in [0.25, 0.3) is 17.4 Å². The normalized spacial score (nSPS) is 10.1. The molecule has 10 heteroatoms. The Morgan fingerprint density at radius 3 is 2.89 bits per heavy atom. The summed E-state index contributed by atoms with van der Waals surface area (Å²) in [5.41, 5.74) is -0.682. The first kappa shape index (κ1) is 11.6. The number of amides is 1. The molecule has 0 atom stereocenters. The maximum Gasteiger partial charge on any atom is 0.297 e. The molecule has 9 nitrogen and oxygen atoms in total. The lowest BCUT2D eigenvalue weighted by Crippen LogP contribution is -2.15. The molecule has 92 valence electrons. The van der Waals surface area contributed by atoms with Crippen LogP contribution in [0.3, 0.4) is 0 Å². The Hall–Kier alpha value is -2.91. The third kappa shape index (κ3) is 2.26. The highest BCUT2D eigenvalue weighted by molar-refractivity contribution is 6.01. The molecule has 2 rings (SSSR count). The lowest BCUT2D eigenvalue weighted by molar-refractivity contribution is -0.384. The molecule has 0 saturated carbocycles. The lowest BCUT2D eigenvalue weighted by atomic mass is 10.2. The zero-order chi connectivity index (χ0) is 13.1. The van der Waals surface area contributed by atoms with E-state index < -0.39 is 16.6 Å². The van der Waals surface area contributed by atoms with Crippen molar-refractivity contribution in [2.45, 2.75) is 0 Å². The Morgan fingerprint density at radius 2 is 2.28 bits per heavy atom. The molecule has 1 heterocycles. The molecule has 1 amide bonds. The van der Waals surface area contributed by atoms with Gasteiger partial charge >= 0.3 is 0 Å². The van der Waals surface area contributed by atoms with Gasteiger partial charge in [0.2, 0.25) is 0 Å². The Bertz CT molecular complexity index is 599. The summed E-state index contributed by atoms with van der Waals surface area (Å²) in [6.45, 7) is 0. The number of benzene rings is 1. The molecule has 2 N–H and O–H groups in total. The van der Waals surface area contributed by atoms with Gasteiger partial charge in [-0.2, -0.15) is 5.21 Å². The second kappa shape index (κ2) is 4.53. The molecule has 0 aliphatic rings. The first-order valence-corrected chi connectivity index (χ1v) is 4.56. The van der Waals surface area contributed by atoms with Gasteiger partial charge in [-0.1, -0.05) is 0 Å². The highest BCUT2D eigenvalue weighted by Gasteiger charge is 2.16. The zero-order valence-electron chi connectivity index (χ0n) is 8.62. The number of carbonyl (C=O) groups excluding carboxylic acids is 1. The fraction of sp³-hybridized carbons (Fsp3) is 0. The average molecular weight is 252 g/mol. The van der Waals surface area contributed by atoms with Gasteiger partial charge in [-0.3, -0.25) is 14.9 Å². The molecular weight excluding hydrogens is 247 g/mol. The number of H-pyrrole nitrogens is 1. The molecule has 0 unspecified atom stereocenters. The van der Waals surface area contributed by atoms with E-state index in [1.165, 1.54) is 0 Å². The summed E-state index contributed by atoms with van der Waals surface area (Å²) in [4.78, 5) is 21.3. The largest absolute Gasteiger partial charge is 0.316 e. The molecule has 2 aromatic rings. The van der Waals surface area contributed by atoms with Gasteiger partial charge in [-0.25, -0.2) is 4.39 Å². The highest BCUT2D eigenvalue weighted by Crippen LogP contribution is 2.21. The number of carbonyl (C=O) groups is 1. The summed E-state index contributed by atoms with van der Waals surface area (Å²) in [6.07, 6.45) is 0. The van der Waals surface area contributed by atoms with Crippen molar-refractivity contribution in [2.75, 3.05) is 5.32 Å². The number of rotatable bonds is 3. The van der Waals surface area contributed by atoms with Crippen molar-refractivity contribution in [3.05, 3.63) is 40.0 Å². The summed E-state index contributed by atoms with van der Waals surface area (Å²) < 4.78 is 13.3. The minimum Gasteiger partial charge on any atom is -0.316 e. The van der Waals surface area contributed by atoms with Crippen molar-refractivity contribution < 1.29 is 14.1 Å². The molecule has 0 aliphatic heterocycles. The first-order chi connectivity index (χ1) is 8.58. The number of anilines is 1. The topological polar surface area (TPSA) is 127 Å². The van der Waals surface area contributed by atoms with Crippen molar-refractivity contribution in [2.24, 2.45) is 0 Å². The van der Waals surface area contributed by atoms with E-state index in [0.29, 0.717) is 0 Å². The van der Waals surface area contributed by atoms with E-state index in [1.54, 1.807) is 0 Å². The maximum atomic E-state index is 13.3. The molecule has 18 heavy (non-hydrogen) atoms. The SMILES string of the molecule is O=C(Nc1cc([N+](=O)[O-])ccc1F)c1nn[nH]n1. The molecule has 0 radical (unpaired) electrons. The summed E-state index contributed by atoms with van der Waals surface area (Å²) in [7, 11) is 0. The molecule has 0 bridgehead atoms. The number of hydrogen-bond donors (Lipinski definition) is 2. The van der Waals surface area contributed by atoms with Crippen molar-refractivity contribution in [3.63, 3.8) is 0 Å². The van der Waals surface area contributed by atoms with Gasteiger partial charge < -0.3 is 5.32 Å². The van der Waals surface area contributed by atoms with Gasteiger partial charge in [0, 0.05) is 12.1 Å². The fourth-order valence-electron chi connectivity index (χ4n) is 1.16. The number of aromatic nitrogens is 4. The molecule has 1 aromatic heterocycles. The number of nitro benzene ring substituents is 1. The third-order valence-corrected chi connectivity index (χ3v) is 1.96. The van der Waals surface area contributed by atoms with Crippen molar-refractivity contribution in [1.29, 1.82) is 0 Å². The Balaban J connectivity index is 2.26. The van der Waals surface area contributed by atoms with Crippen LogP contribution in [-0.2, 0) is 0 Å². The minimum absolute atomic E-state index is 0.305. The molecular formula is C8H5FN6O3. The number of hydrogen-bond acceptors (Lipinski definition) is 6. The Morgan fingerprint density at radius 1 is 1.50 bits per heavy atom. The van der Waals surface area contributed by atoms with Crippen molar-refractivity contribution in [1.82, 2.24) is 20.6 Å². The Kier molecular flexibility index (Phi) is 2.91. The second-order valence-electron chi connectivity index (χ2n) is 3.11. The maximum absolute atomic E-state index is 13.3. The second-order valence-corrected chi connectivity index (χ2v) is 3.11. The van der Waals surface area contributed by atoms with Crippen LogP contribution in [0.5, 0.6) is 0 Å². The van der Waals surface area contributed by atoms with E-state index in [1.807, 2.05) is 0 Å². The summed E-state index contributed by atoms with van der Waals surface area (Å²) in [6, 6.07) is 2.76. The van der Waals surface area contributed by atoms with Crippen LogP contribution in [0.2, 0.25) is 0 Å². The van der Waals surface area contributed by atoms with Crippen molar-refractivity contribution in [3.8, 4) is 0 Å². The van der Waals surface area contributed by atoms with Crippen LogP contribution < -0.4 is 5.32 Å². The number of aromatic amines is 1. The van der Waals surface area contributed by atoms with Gasteiger partial charge in [-0.15, -0.1) is 10.2 Å². The van der Waals surface area contributed by atoms with E-state index in [4.69, 9.17) is 0 Å². The van der Waals surface area contributed by atoms with Crippen LogP contribution >= 0.6 is 0 Å². The van der Waals surface area contributed by atoms with E-state index in [9.17, 15) is 19.3 Å². The van der Waals surface area contributed by atoms with Crippen LogP contribution in [0, 0.1) is 15.9 Å². The number of non-ortho nitro benzene ring substituents is 1. The quantitative estimate of drug-likeness (QED) is 0.604.